The van der Waals surface area contributed by atoms with Crippen LogP contribution < -0.4 is 10.1 Å². The zero-order valence-corrected chi connectivity index (χ0v) is 18.1. The first-order valence-electron chi connectivity index (χ1n) is 11.7. The summed E-state index contributed by atoms with van der Waals surface area (Å²) in [6.07, 6.45) is 10.5. The van der Waals surface area contributed by atoms with Gasteiger partial charge in [0.1, 0.15) is 5.75 Å². The van der Waals surface area contributed by atoms with Gasteiger partial charge in [-0.25, -0.2) is 0 Å². The van der Waals surface area contributed by atoms with Crippen molar-refractivity contribution in [3.8, 4) is 5.75 Å². The Bertz CT molecular complexity index is 760. The fourth-order valence-electron chi connectivity index (χ4n) is 7.27. The maximum absolute atomic E-state index is 12.9. The van der Waals surface area contributed by atoms with Crippen molar-refractivity contribution in [2.45, 2.75) is 63.8 Å². The summed E-state index contributed by atoms with van der Waals surface area (Å²) in [6.45, 7) is 1.40. The number of likely N-dealkylation sites (tertiary alicyclic amines) is 1. The number of hydrogen-bond donors (Lipinski definition) is 1. The average Bonchev–Trinajstić information content (AvgIpc) is 2.72. The lowest BCUT2D eigenvalue weighted by molar-refractivity contribution is -0.130. The van der Waals surface area contributed by atoms with Crippen LogP contribution in [0.4, 0.5) is 0 Å². The number of nitrogens with one attached hydrogen (secondary N) is 1. The highest BCUT2D eigenvalue weighted by Gasteiger charge is 2.51. The van der Waals surface area contributed by atoms with E-state index in [0.29, 0.717) is 24.1 Å². The molecule has 5 aliphatic rings. The van der Waals surface area contributed by atoms with E-state index >= 15 is 0 Å². The van der Waals surface area contributed by atoms with E-state index in [1.807, 2.05) is 29.2 Å². The van der Waals surface area contributed by atoms with Crippen molar-refractivity contribution in [3.63, 3.8) is 0 Å². The normalized spacial score (nSPS) is 32.8. The van der Waals surface area contributed by atoms with Crippen LogP contribution in [0.2, 0.25) is 0 Å². The maximum atomic E-state index is 12.9. The predicted octanol–water partition coefficient (Wildman–Crippen LogP) is 4.02. The first kappa shape index (κ1) is 19.9. The lowest BCUT2D eigenvalue weighted by atomic mass is 9.49. The Morgan fingerprint density at radius 3 is 2.10 bits per heavy atom. The molecule has 0 unspecified atom stereocenters. The number of rotatable bonds is 5. The number of nitrogens with zero attached hydrogens (tertiary/aromatic N) is 1. The van der Waals surface area contributed by atoms with Crippen LogP contribution in [0, 0.1) is 23.2 Å². The van der Waals surface area contributed by atoms with Gasteiger partial charge in [0.05, 0.1) is 7.11 Å². The van der Waals surface area contributed by atoms with E-state index in [4.69, 9.17) is 4.74 Å². The Hall–Kier alpha value is -2.04. The fourth-order valence-corrected chi connectivity index (χ4v) is 7.27. The molecule has 0 atom stereocenters. The minimum Gasteiger partial charge on any atom is -0.497 e. The zero-order chi connectivity index (χ0) is 20.7. The molecule has 1 heterocycles. The molecule has 5 fully saturated rings. The molecule has 1 saturated heterocycles. The van der Waals surface area contributed by atoms with Gasteiger partial charge in [0.25, 0.3) is 5.91 Å². The molecule has 6 rings (SSSR count). The highest BCUT2D eigenvalue weighted by molar-refractivity contribution is 5.94. The first-order chi connectivity index (χ1) is 14.5. The maximum Gasteiger partial charge on any atom is 0.253 e. The van der Waals surface area contributed by atoms with Crippen molar-refractivity contribution < 1.29 is 14.3 Å². The Labute approximate surface area is 179 Å². The Morgan fingerprint density at radius 1 is 1.00 bits per heavy atom. The van der Waals surface area contributed by atoms with Crippen molar-refractivity contribution in [2.75, 3.05) is 20.2 Å². The number of carbonyl (C=O) groups excluding carboxylic acids is 2. The average molecular weight is 411 g/mol. The van der Waals surface area contributed by atoms with Gasteiger partial charge < -0.3 is 15.0 Å². The van der Waals surface area contributed by atoms with Crippen LogP contribution in [-0.4, -0.2) is 43.0 Å². The molecule has 4 saturated carbocycles. The number of carbonyl (C=O) groups is 2. The Morgan fingerprint density at radius 2 is 1.57 bits per heavy atom. The second-order valence-electron chi connectivity index (χ2n) is 10.5. The fraction of sp³-hybridized carbons (Fsp3) is 0.680. The molecule has 5 nitrogen and oxygen atoms in total. The molecule has 0 radical (unpaired) electrons. The molecule has 1 aromatic rings. The topological polar surface area (TPSA) is 58.6 Å². The summed E-state index contributed by atoms with van der Waals surface area (Å²) in [6, 6.07) is 7.49. The molecular formula is C25H34N2O3. The van der Waals surface area contributed by atoms with E-state index in [1.165, 1.54) is 38.5 Å². The van der Waals surface area contributed by atoms with E-state index in [-0.39, 0.29) is 17.9 Å². The third-order valence-electron chi connectivity index (χ3n) is 8.18. The van der Waals surface area contributed by atoms with E-state index in [2.05, 4.69) is 5.32 Å². The van der Waals surface area contributed by atoms with Crippen LogP contribution in [0.15, 0.2) is 24.3 Å². The van der Waals surface area contributed by atoms with Crippen molar-refractivity contribution in [1.82, 2.24) is 10.2 Å². The van der Waals surface area contributed by atoms with Crippen molar-refractivity contribution in [3.05, 3.63) is 29.8 Å². The Kier molecular flexibility index (Phi) is 5.24. The van der Waals surface area contributed by atoms with Gasteiger partial charge in [-0.1, -0.05) is 0 Å². The Balaban J connectivity index is 1.11. The standard InChI is InChI=1S/C25H34N2O3/c1-30-22-4-2-20(3-5-22)24(29)27-8-6-21(7-9-27)26-23(28)16-25-13-17-10-18(14-25)12-19(11-17)15-25/h2-5,17-19,21H,6-16H2,1H3,(H,26,28). The van der Waals surface area contributed by atoms with E-state index in [1.54, 1.807) is 7.11 Å². The summed E-state index contributed by atoms with van der Waals surface area (Å²) in [5, 5.41) is 3.31. The van der Waals surface area contributed by atoms with Crippen molar-refractivity contribution in [2.24, 2.45) is 23.2 Å². The molecule has 0 spiro atoms. The van der Waals surface area contributed by atoms with Crippen molar-refractivity contribution in [1.29, 1.82) is 0 Å². The number of benzene rings is 1. The molecule has 4 aliphatic carbocycles. The molecule has 0 aromatic heterocycles. The second kappa shape index (κ2) is 7.90. The largest absolute Gasteiger partial charge is 0.497 e. The highest BCUT2D eigenvalue weighted by Crippen LogP contribution is 2.61. The van der Waals surface area contributed by atoms with E-state index in [0.717, 1.165) is 42.8 Å². The van der Waals surface area contributed by atoms with Crippen molar-refractivity contribution >= 4 is 11.8 Å². The monoisotopic (exact) mass is 410 g/mol. The molecule has 1 N–H and O–H groups in total. The van der Waals surface area contributed by atoms with Crippen LogP contribution >= 0.6 is 0 Å². The van der Waals surface area contributed by atoms with Crippen LogP contribution in [-0.2, 0) is 4.79 Å². The van der Waals surface area contributed by atoms with Crippen LogP contribution in [0.3, 0.4) is 0 Å². The van der Waals surface area contributed by atoms with Gasteiger partial charge in [-0.15, -0.1) is 0 Å². The molecule has 30 heavy (non-hydrogen) atoms. The summed E-state index contributed by atoms with van der Waals surface area (Å²) in [5.41, 5.74) is 0.990. The predicted molar refractivity (Wildman–Crippen MR) is 115 cm³/mol. The zero-order valence-electron chi connectivity index (χ0n) is 18.1. The molecule has 1 aliphatic heterocycles. The SMILES string of the molecule is COc1ccc(C(=O)N2CCC(NC(=O)CC34CC5CC(CC(C5)C3)C4)CC2)cc1. The second-order valence-corrected chi connectivity index (χ2v) is 10.5. The van der Waals surface area contributed by atoms with Gasteiger partial charge in [0, 0.05) is 31.1 Å². The quantitative estimate of drug-likeness (QED) is 0.798. The van der Waals surface area contributed by atoms with Gasteiger partial charge in [0.2, 0.25) is 5.91 Å². The van der Waals surface area contributed by atoms with Crippen LogP contribution in [0.25, 0.3) is 0 Å². The summed E-state index contributed by atoms with van der Waals surface area (Å²) in [4.78, 5) is 27.5. The first-order valence-corrected chi connectivity index (χ1v) is 11.7. The number of piperidine rings is 1. The molecule has 1 aromatic carbocycles. The molecule has 5 heteroatoms. The molecular weight excluding hydrogens is 376 g/mol. The van der Waals surface area contributed by atoms with Gasteiger partial charge >= 0.3 is 0 Å². The molecule has 2 amide bonds. The van der Waals surface area contributed by atoms with Gasteiger partial charge in [-0.3, -0.25) is 9.59 Å². The number of amides is 2. The van der Waals surface area contributed by atoms with Crippen LogP contribution in [0.5, 0.6) is 5.75 Å². The van der Waals surface area contributed by atoms with Gasteiger partial charge in [-0.2, -0.15) is 0 Å². The van der Waals surface area contributed by atoms with E-state index in [9.17, 15) is 9.59 Å². The third-order valence-corrected chi connectivity index (χ3v) is 8.18. The van der Waals surface area contributed by atoms with E-state index < -0.39 is 0 Å². The summed E-state index contributed by atoms with van der Waals surface area (Å²) in [5.74, 6) is 3.73. The molecule has 4 bridgehead atoms. The van der Waals surface area contributed by atoms with Gasteiger partial charge in [0.15, 0.2) is 0 Å². The molecule has 162 valence electrons. The third kappa shape index (κ3) is 3.95. The van der Waals surface area contributed by atoms with Gasteiger partial charge in [-0.05, 0) is 98.8 Å². The lowest BCUT2D eigenvalue weighted by Gasteiger charge is -2.56. The highest BCUT2D eigenvalue weighted by atomic mass is 16.5. The number of ether oxygens (including phenoxy) is 1. The smallest absolute Gasteiger partial charge is 0.253 e. The minimum atomic E-state index is 0.0657. The lowest BCUT2D eigenvalue weighted by Crippen LogP contribution is -2.50. The number of hydrogen-bond acceptors (Lipinski definition) is 3. The van der Waals surface area contributed by atoms with Crippen LogP contribution in [0.1, 0.15) is 68.1 Å². The summed E-state index contributed by atoms with van der Waals surface area (Å²) in [7, 11) is 1.62. The minimum absolute atomic E-state index is 0.0657. The summed E-state index contributed by atoms with van der Waals surface area (Å²) >= 11 is 0. The summed E-state index contributed by atoms with van der Waals surface area (Å²) < 4.78 is 5.17. The number of methoxy groups -OCH3 is 1.